The van der Waals surface area contributed by atoms with Gasteiger partial charge in [-0.15, -0.1) is 0 Å². The molecule has 1 aromatic heterocycles. The Bertz CT molecular complexity index is 1200. The quantitative estimate of drug-likeness (QED) is 0.470. The molecule has 4 aromatic rings. The summed E-state index contributed by atoms with van der Waals surface area (Å²) in [6.07, 6.45) is 3.97. The molecule has 0 spiro atoms. The first-order valence-electron chi connectivity index (χ1n) is 11.4. The van der Waals surface area contributed by atoms with Gasteiger partial charge in [-0.3, -0.25) is 5.41 Å². The van der Waals surface area contributed by atoms with Crippen LogP contribution in [-0.4, -0.2) is 33.7 Å². The lowest BCUT2D eigenvalue weighted by Gasteiger charge is -2.26. The van der Waals surface area contributed by atoms with Crippen molar-refractivity contribution in [2.75, 3.05) is 19.6 Å². The van der Waals surface area contributed by atoms with Gasteiger partial charge in [0, 0.05) is 13.1 Å². The zero-order valence-corrected chi connectivity index (χ0v) is 18.0. The normalized spacial score (nSPS) is 14.8. The second-order valence-electron chi connectivity index (χ2n) is 8.52. The van der Waals surface area contributed by atoms with Gasteiger partial charge in [0.05, 0.1) is 17.6 Å². The number of fused-ring (bicyclic) bond motifs is 1. The highest BCUT2D eigenvalue weighted by atomic mass is 15.2. The lowest BCUT2D eigenvalue weighted by Crippen LogP contribution is -2.35. The van der Waals surface area contributed by atoms with Crippen LogP contribution in [-0.2, 0) is 13.1 Å². The molecule has 1 aliphatic rings. The molecule has 2 heterocycles. The Kier molecular flexibility index (Phi) is 5.72. The van der Waals surface area contributed by atoms with Gasteiger partial charge in [-0.25, -0.2) is 0 Å². The van der Waals surface area contributed by atoms with Crippen molar-refractivity contribution in [1.82, 2.24) is 14.0 Å². The van der Waals surface area contributed by atoms with Crippen LogP contribution in [0.1, 0.15) is 24.8 Å². The Balaban J connectivity index is 1.41. The van der Waals surface area contributed by atoms with Crippen molar-refractivity contribution in [2.24, 2.45) is 0 Å². The van der Waals surface area contributed by atoms with Crippen molar-refractivity contribution < 1.29 is 0 Å². The maximum absolute atomic E-state index is 8.93. The van der Waals surface area contributed by atoms with E-state index >= 15 is 0 Å². The Morgan fingerprint density at radius 1 is 0.613 bits per heavy atom. The second kappa shape index (κ2) is 8.94. The Morgan fingerprint density at radius 2 is 1.23 bits per heavy atom. The molecule has 0 saturated carbocycles. The number of benzene rings is 3. The molecular formula is C27H30N4. The predicted molar refractivity (Wildman–Crippen MR) is 127 cm³/mol. The molecule has 0 unspecified atom stereocenters. The summed E-state index contributed by atoms with van der Waals surface area (Å²) in [5.41, 5.74) is 6.56. The van der Waals surface area contributed by atoms with Gasteiger partial charge in [-0.1, -0.05) is 73.2 Å². The molecule has 0 amide bonds. The summed E-state index contributed by atoms with van der Waals surface area (Å²) in [7, 11) is 0. The summed E-state index contributed by atoms with van der Waals surface area (Å²) >= 11 is 0. The van der Waals surface area contributed by atoms with Gasteiger partial charge >= 0.3 is 0 Å². The van der Waals surface area contributed by atoms with Crippen LogP contribution < -0.4 is 5.62 Å². The molecule has 0 atom stereocenters. The molecule has 1 saturated heterocycles. The molecule has 4 heteroatoms. The number of likely N-dealkylation sites (tertiary alicyclic amines) is 1. The number of piperidine rings is 1. The van der Waals surface area contributed by atoms with Crippen molar-refractivity contribution in [3.05, 3.63) is 90.0 Å². The third kappa shape index (κ3) is 4.21. The van der Waals surface area contributed by atoms with Gasteiger partial charge in [0.2, 0.25) is 5.62 Å². The van der Waals surface area contributed by atoms with Crippen LogP contribution >= 0.6 is 0 Å². The highest BCUT2D eigenvalue weighted by Crippen LogP contribution is 2.21. The van der Waals surface area contributed by atoms with Crippen molar-refractivity contribution in [3.8, 4) is 11.1 Å². The Labute approximate surface area is 183 Å². The van der Waals surface area contributed by atoms with Crippen molar-refractivity contribution in [2.45, 2.75) is 32.4 Å². The second-order valence-corrected chi connectivity index (χ2v) is 8.52. The summed E-state index contributed by atoms with van der Waals surface area (Å²) in [6, 6.07) is 27.7. The summed E-state index contributed by atoms with van der Waals surface area (Å²) in [5, 5.41) is 8.93. The fraction of sp³-hybridized carbons (Fsp3) is 0.296. The van der Waals surface area contributed by atoms with Crippen LogP contribution in [0, 0.1) is 5.41 Å². The highest BCUT2D eigenvalue weighted by molar-refractivity contribution is 5.76. The number of nitrogens with one attached hydrogen (secondary N) is 1. The molecule has 0 radical (unpaired) electrons. The molecule has 1 fully saturated rings. The van der Waals surface area contributed by atoms with E-state index in [1.54, 1.807) is 0 Å². The first-order chi connectivity index (χ1) is 15.3. The molecule has 0 aliphatic carbocycles. The fourth-order valence-electron chi connectivity index (χ4n) is 4.72. The van der Waals surface area contributed by atoms with E-state index in [2.05, 4.69) is 86.8 Å². The van der Waals surface area contributed by atoms with Crippen LogP contribution in [0.4, 0.5) is 0 Å². The topological polar surface area (TPSA) is 37.0 Å². The minimum atomic E-state index is 0.588. The molecule has 158 valence electrons. The number of hydrogen-bond acceptors (Lipinski definition) is 2. The van der Waals surface area contributed by atoms with Gasteiger partial charge in [0.1, 0.15) is 0 Å². The summed E-state index contributed by atoms with van der Waals surface area (Å²) in [4.78, 5) is 2.55. The van der Waals surface area contributed by atoms with E-state index in [0.717, 1.165) is 24.1 Å². The Morgan fingerprint density at radius 3 is 1.94 bits per heavy atom. The first-order valence-corrected chi connectivity index (χ1v) is 11.4. The van der Waals surface area contributed by atoms with Gasteiger partial charge in [0.15, 0.2) is 0 Å². The monoisotopic (exact) mass is 410 g/mol. The third-order valence-corrected chi connectivity index (χ3v) is 6.46. The maximum atomic E-state index is 8.93. The van der Waals surface area contributed by atoms with E-state index in [1.165, 1.54) is 49.0 Å². The summed E-state index contributed by atoms with van der Waals surface area (Å²) < 4.78 is 4.32. The van der Waals surface area contributed by atoms with Gasteiger partial charge < -0.3 is 14.0 Å². The highest BCUT2D eigenvalue weighted by Gasteiger charge is 2.14. The number of aromatic nitrogens is 2. The van der Waals surface area contributed by atoms with Crippen molar-refractivity contribution >= 4 is 11.0 Å². The smallest absolute Gasteiger partial charge is 0.203 e. The SMILES string of the molecule is N=c1n(CCN2CCCCC2)c2ccccc2n1Cc1ccc(-c2ccccc2)cc1. The fourth-order valence-corrected chi connectivity index (χ4v) is 4.72. The molecule has 3 aromatic carbocycles. The van der Waals surface area contributed by atoms with Crippen molar-refractivity contribution in [3.63, 3.8) is 0 Å². The van der Waals surface area contributed by atoms with Crippen LogP contribution in [0.15, 0.2) is 78.9 Å². The number of rotatable bonds is 6. The Hall–Kier alpha value is -3.11. The molecule has 5 rings (SSSR count). The first kappa shape index (κ1) is 19.8. The minimum absolute atomic E-state index is 0.588. The molecule has 1 aliphatic heterocycles. The standard InChI is InChI=1S/C27H30N4/c28-27-30(20-19-29-17-7-2-8-18-29)25-11-5-6-12-26(25)31(27)21-22-13-15-24(16-14-22)23-9-3-1-4-10-23/h1,3-6,9-16,28H,2,7-8,17-21H2. The molecular weight excluding hydrogens is 380 g/mol. The zero-order valence-electron chi connectivity index (χ0n) is 18.0. The van der Waals surface area contributed by atoms with Crippen LogP contribution in [0.2, 0.25) is 0 Å². The predicted octanol–water partition coefficient (Wildman–Crippen LogP) is 5.12. The molecule has 4 nitrogen and oxygen atoms in total. The van der Waals surface area contributed by atoms with Gasteiger partial charge in [-0.05, 0) is 54.8 Å². The zero-order chi connectivity index (χ0) is 21.0. The van der Waals surface area contributed by atoms with Crippen LogP contribution in [0.5, 0.6) is 0 Å². The lowest BCUT2D eigenvalue weighted by atomic mass is 10.0. The molecule has 0 bridgehead atoms. The van der Waals surface area contributed by atoms with E-state index in [1.807, 2.05) is 6.07 Å². The number of imidazole rings is 1. The van der Waals surface area contributed by atoms with E-state index < -0.39 is 0 Å². The average molecular weight is 411 g/mol. The summed E-state index contributed by atoms with van der Waals surface area (Å²) in [6.45, 7) is 5.00. The molecule has 1 N–H and O–H groups in total. The van der Waals surface area contributed by atoms with Gasteiger partial charge in [0.25, 0.3) is 0 Å². The lowest BCUT2D eigenvalue weighted by molar-refractivity contribution is 0.220. The van der Waals surface area contributed by atoms with E-state index in [-0.39, 0.29) is 0 Å². The van der Waals surface area contributed by atoms with Gasteiger partial charge in [-0.2, -0.15) is 0 Å². The van der Waals surface area contributed by atoms with E-state index in [0.29, 0.717) is 12.2 Å². The third-order valence-electron chi connectivity index (χ3n) is 6.46. The van der Waals surface area contributed by atoms with E-state index in [9.17, 15) is 0 Å². The summed E-state index contributed by atoms with van der Waals surface area (Å²) in [5.74, 6) is 0. The average Bonchev–Trinajstić information content (AvgIpc) is 3.10. The minimum Gasteiger partial charge on any atom is -0.309 e. The van der Waals surface area contributed by atoms with Crippen LogP contribution in [0.25, 0.3) is 22.2 Å². The number of para-hydroxylation sites is 2. The van der Waals surface area contributed by atoms with Crippen LogP contribution in [0.3, 0.4) is 0 Å². The number of hydrogen-bond donors (Lipinski definition) is 1. The maximum Gasteiger partial charge on any atom is 0.203 e. The van der Waals surface area contributed by atoms with E-state index in [4.69, 9.17) is 5.41 Å². The van der Waals surface area contributed by atoms with Crippen molar-refractivity contribution in [1.29, 1.82) is 5.41 Å². The number of nitrogens with zero attached hydrogens (tertiary/aromatic N) is 3. The largest absolute Gasteiger partial charge is 0.309 e. The molecule has 31 heavy (non-hydrogen) atoms.